The zero-order valence-electron chi connectivity index (χ0n) is 10.4. The van der Waals surface area contributed by atoms with Gasteiger partial charge in [-0.15, -0.1) is 0 Å². The van der Waals surface area contributed by atoms with Crippen LogP contribution in [0.25, 0.3) is 0 Å². The Labute approximate surface area is 94.9 Å². The van der Waals surface area contributed by atoms with Gasteiger partial charge < -0.3 is 4.90 Å². The summed E-state index contributed by atoms with van der Waals surface area (Å²) >= 11 is 0. The molecule has 0 spiro atoms. The van der Waals surface area contributed by atoms with E-state index in [-0.39, 0.29) is 0 Å². The Bertz CT molecular complexity index is 165. The van der Waals surface area contributed by atoms with Crippen LogP contribution in [0.1, 0.15) is 39.5 Å². The molecule has 0 aliphatic carbocycles. The van der Waals surface area contributed by atoms with Crippen molar-refractivity contribution in [1.29, 1.82) is 0 Å². The van der Waals surface area contributed by atoms with Crippen LogP contribution in [0.4, 0.5) is 0 Å². The van der Waals surface area contributed by atoms with Crippen LogP contribution in [-0.4, -0.2) is 42.0 Å². The molecule has 0 aromatic carbocycles. The van der Waals surface area contributed by atoms with E-state index < -0.39 is 0 Å². The molecular formula is C13H26N2. The molecule has 0 saturated carbocycles. The summed E-state index contributed by atoms with van der Waals surface area (Å²) < 4.78 is 0. The second-order valence-corrected chi connectivity index (χ2v) is 4.49. The van der Waals surface area contributed by atoms with Crippen LogP contribution < -0.4 is 0 Å². The van der Waals surface area contributed by atoms with Crippen LogP contribution in [0, 0.1) is 0 Å². The molecule has 2 nitrogen and oxygen atoms in total. The van der Waals surface area contributed by atoms with Crippen molar-refractivity contribution in [1.82, 2.24) is 9.80 Å². The molecule has 0 atom stereocenters. The summed E-state index contributed by atoms with van der Waals surface area (Å²) in [5, 5.41) is 0. The highest BCUT2D eigenvalue weighted by Crippen LogP contribution is 2.15. The second kappa shape index (κ2) is 6.89. The summed E-state index contributed by atoms with van der Waals surface area (Å²) in [4.78, 5) is 5.00. The maximum Gasteiger partial charge on any atom is 0.0300 e. The maximum absolute atomic E-state index is 3.83. The Hall–Kier alpha value is -0.500. The third-order valence-corrected chi connectivity index (χ3v) is 3.37. The van der Waals surface area contributed by atoms with E-state index in [2.05, 4.69) is 30.2 Å². The van der Waals surface area contributed by atoms with Gasteiger partial charge in [0.25, 0.3) is 0 Å². The van der Waals surface area contributed by atoms with E-state index in [4.69, 9.17) is 0 Å². The van der Waals surface area contributed by atoms with Gasteiger partial charge in [0, 0.05) is 32.2 Å². The van der Waals surface area contributed by atoms with Crippen LogP contribution in [0.5, 0.6) is 0 Å². The summed E-state index contributed by atoms with van der Waals surface area (Å²) in [6, 6.07) is 0.826. The smallest absolute Gasteiger partial charge is 0.0300 e. The van der Waals surface area contributed by atoms with Crippen LogP contribution >= 0.6 is 0 Å². The Kier molecular flexibility index (Phi) is 5.77. The molecule has 1 aliphatic heterocycles. The van der Waals surface area contributed by atoms with Crippen LogP contribution in [0.2, 0.25) is 0 Å². The van der Waals surface area contributed by atoms with Crippen LogP contribution in [0.15, 0.2) is 12.8 Å². The highest BCUT2D eigenvalue weighted by atomic mass is 15.3. The van der Waals surface area contributed by atoms with Crippen molar-refractivity contribution in [2.24, 2.45) is 0 Å². The first kappa shape index (κ1) is 12.6. The molecule has 1 saturated heterocycles. The van der Waals surface area contributed by atoms with E-state index >= 15 is 0 Å². The summed E-state index contributed by atoms with van der Waals surface area (Å²) in [6.45, 7) is 13.2. The third-order valence-electron chi connectivity index (χ3n) is 3.37. The van der Waals surface area contributed by atoms with Crippen molar-refractivity contribution in [3.8, 4) is 0 Å². The summed E-state index contributed by atoms with van der Waals surface area (Å²) in [5.41, 5.74) is 0. The molecule has 0 amide bonds. The van der Waals surface area contributed by atoms with E-state index in [1.165, 1.54) is 38.8 Å². The Balaban J connectivity index is 2.37. The monoisotopic (exact) mass is 210 g/mol. The Morgan fingerprint density at radius 1 is 1.07 bits per heavy atom. The fourth-order valence-corrected chi connectivity index (χ4v) is 2.46. The predicted molar refractivity (Wildman–Crippen MR) is 66.9 cm³/mol. The first-order valence-corrected chi connectivity index (χ1v) is 6.42. The first-order chi connectivity index (χ1) is 7.31. The normalized spacial score (nSPS) is 18.5. The molecule has 1 fully saturated rings. The number of hydrogen-bond donors (Lipinski definition) is 0. The van der Waals surface area contributed by atoms with E-state index in [0.717, 1.165) is 19.1 Å². The topological polar surface area (TPSA) is 6.48 Å². The van der Waals surface area contributed by atoms with E-state index in [0.29, 0.717) is 0 Å². The van der Waals surface area contributed by atoms with E-state index in [1.807, 2.05) is 6.20 Å². The van der Waals surface area contributed by atoms with Gasteiger partial charge in [0.05, 0.1) is 0 Å². The SMILES string of the molecule is C=CN1CCN(C(CCC)CCC)CC1. The number of piperazine rings is 1. The lowest BCUT2D eigenvalue weighted by atomic mass is 10.0. The highest BCUT2D eigenvalue weighted by molar-refractivity contribution is 4.82. The third kappa shape index (κ3) is 3.86. The van der Waals surface area contributed by atoms with Gasteiger partial charge in [-0.3, -0.25) is 4.90 Å². The van der Waals surface area contributed by atoms with Crippen molar-refractivity contribution in [3.63, 3.8) is 0 Å². The van der Waals surface area contributed by atoms with Gasteiger partial charge in [-0.05, 0) is 19.0 Å². The molecule has 15 heavy (non-hydrogen) atoms. The van der Waals surface area contributed by atoms with Crippen molar-refractivity contribution < 1.29 is 0 Å². The van der Waals surface area contributed by atoms with Gasteiger partial charge in [0.15, 0.2) is 0 Å². The molecule has 2 heteroatoms. The predicted octanol–water partition coefficient (Wildman–Crippen LogP) is 2.72. The van der Waals surface area contributed by atoms with Crippen molar-refractivity contribution >= 4 is 0 Å². The van der Waals surface area contributed by atoms with Crippen LogP contribution in [0.3, 0.4) is 0 Å². The Morgan fingerprint density at radius 3 is 2.00 bits per heavy atom. The minimum atomic E-state index is 0.826. The molecule has 1 aliphatic rings. The first-order valence-electron chi connectivity index (χ1n) is 6.42. The lowest BCUT2D eigenvalue weighted by Gasteiger charge is -2.39. The molecule has 88 valence electrons. The molecule has 0 radical (unpaired) electrons. The second-order valence-electron chi connectivity index (χ2n) is 4.49. The lowest BCUT2D eigenvalue weighted by molar-refractivity contribution is 0.111. The maximum atomic E-state index is 3.83. The summed E-state index contributed by atoms with van der Waals surface area (Å²) in [7, 11) is 0. The minimum Gasteiger partial charge on any atom is -0.375 e. The lowest BCUT2D eigenvalue weighted by Crippen LogP contribution is -2.48. The molecule has 1 heterocycles. The molecule has 1 rings (SSSR count). The summed E-state index contributed by atoms with van der Waals surface area (Å²) in [6.07, 6.45) is 7.33. The van der Waals surface area contributed by atoms with E-state index in [1.54, 1.807) is 0 Å². The average molecular weight is 210 g/mol. The zero-order chi connectivity index (χ0) is 11.1. The highest BCUT2D eigenvalue weighted by Gasteiger charge is 2.20. The van der Waals surface area contributed by atoms with Crippen LogP contribution in [-0.2, 0) is 0 Å². The molecular weight excluding hydrogens is 184 g/mol. The van der Waals surface area contributed by atoms with Gasteiger partial charge in [0.2, 0.25) is 0 Å². The quantitative estimate of drug-likeness (QED) is 0.665. The van der Waals surface area contributed by atoms with Gasteiger partial charge in [-0.1, -0.05) is 33.3 Å². The number of rotatable bonds is 6. The van der Waals surface area contributed by atoms with Crippen molar-refractivity contribution in [3.05, 3.63) is 12.8 Å². The van der Waals surface area contributed by atoms with Gasteiger partial charge >= 0.3 is 0 Å². The largest absolute Gasteiger partial charge is 0.375 e. The van der Waals surface area contributed by atoms with Crippen molar-refractivity contribution in [2.75, 3.05) is 26.2 Å². The number of nitrogens with zero attached hydrogens (tertiary/aromatic N) is 2. The zero-order valence-corrected chi connectivity index (χ0v) is 10.4. The number of hydrogen-bond acceptors (Lipinski definition) is 2. The van der Waals surface area contributed by atoms with Crippen molar-refractivity contribution in [2.45, 2.75) is 45.6 Å². The standard InChI is InChI=1S/C13H26N2/c1-4-7-13(8-5-2)15-11-9-14(6-3)10-12-15/h6,13H,3-5,7-12H2,1-2H3. The van der Waals surface area contributed by atoms with E-state index in [9.17, 15) is 0 Å². The molecule has 0 N–H and O–H groups in total. The minimum absolute atomic E-state index is 0.826. The fourth-order valence-electron chi connectivity index (χ4n) is 2.46. The van der Waals surface area contributed by atoms with Gasteiger partial charge in [-0.2, -0.15) is 0 Å². The molecule has 0 aromatic heterocycles. The summed E-state index contributed by atoms with van der Waals surface area (Å²) in [5.74, 6) is 0. The molecule has 0 bridgehead atoms. The molecule has 0 aromatic rings. The van der Waals surface area contributed by atoms with Gasteiger partial charge in [0.1, 0.15) is 0 Å². The van der Waals surface area contributed by atoms with Gasteiger partial charge in [-0.25, -0.2) is 0 Å². The Morgan fingerprint density at radius 2 is 1.60 bits per heavy atom. The molecule has 0 unspecified atom stereocenters. The average Bonchev–Trinajstić information content (AvgIpc) is 2.29. The fraction of sp³-hybridized carbons (Fsp3) is 0.846.